The number of hydrogen-bond donors (Lipinski definition) is 0. The molecule has 0 N–H and O–H groups in total. The molecule has 162 valence electrons. The number of para-hydroxylation sites is 1. The molecule has 0 spiro atoms. The van der Waals surface area contributed by atoms with E-state index in [4.69, 9.17) is 0 Å². The topological polar surface area (TPSA) is 98.1 Å². The van der Waals surface area contributed by atoms with Crippen LogP contribution in [0.2, 0.25) is 0 Å². The lowest BCUT2D eigenvalue weighted by atomic mass is 9.99. The highest BCUT2D eigenvalue weighted by Crippen LogP contribution is 2.31. The van der Waals surface area contributed by atoms with E-state index in [0.717, 1.165) is 35.2 Å². The molecule has 8 nitrogen and oxygen atoms in total. The number of nitrogens with zero attached hydrogens (tertiary/aromatic N) is 5. The maximum atomic E-state index is 12.9. The second-order valence-electron chi connectivity index (χ2n) is 7.61. The van der Waals surface area contributed by atoms with Crippen LogP contribution in [0.3, 0.4) is 0 Å². The summed E-state index contributed by atoms with van der Waals surface area (Å²) >= 11 is 1.28. The fourth-order valence-corrected chi connectivity index (χ4v) is 5.61. The Kier molecular flexibility index (Phi) is 5.85. The number of benzene rings is 2. The van der Waals surface area contributed by atoms with E-state index in [1.165, 1.54) is 22.3 Å². The molecule has 0 bridgehead atoms. The molecular weight excluding hydrogens is 434 g/mol. The number of anilines is 1. The lowest BCUT2D eigenvalue weighted by Crippen LogP contribution is -2.34. The van der Waals surface area contributed by atoms with Gasteiger partial charge in [-0.15, -0.1) is 5.10 Å². The SMILES string of the molecule is Cc1cccc(C)c1-n1nnnc1SCC(=O)c1ccc2c(c1)CCCN2S(C)(=O)=O. The zero-order valence-electron chi connectivity index (χ0n) is 17.6. The number of carbonyl (C=O) groups is 1. The number of carbonyl (C=O) groups excluding carboxylic acids is 1. The van der Waals surface area contributed by atoms with E-state index in [1.54, 1.807) is 16.8 Å². The molecule has 0 radical (unpaired) electrons. The number of rotatable bonds is 6. The van der Waals surface area contributed by atoms with Crippen molar-refractivity contribution in [3.8, 4) is 5.69 Å². The molecule has 0 aliphatic carbocycles. The van der Waals surface area contributed by atoms with Crippen molar-refractivity contribution in [1.82, 2.24) is 20.2 Å². The molecule has 0 atom stereocenters. The number of tetrazole rings is 1. The zero-order chi connectivity index (χ0) is 22.2. The first-order valence-electron chi connectivity index (χ1n) is 9.87. The van der Waals surface area contributed by atoms with E-state index in [-0.39, 0.29) is 11.5 Å². The van der Waals surface area contributed by atoms with Gasteiger partial charge in [-0.1, -0.05) is 30.0 Å². The van der Waals surface area contributed by atoms with Crippen LogP contribution in [0.1, 0.15) is 33.5 Å². The fraction of sp³-hybridized carbons (Fsp3) is 0.333. The lowest BCUT2D eigenvalue weighted by Gasteiger charge is -2.29. The van der Waals surface area contributed by atoms with Gasteiger partial charge in [-0.05, 0) is 72.0 Å². The first-order chi connectivity index (χ1) is 14.8. The second kappa shape index (κ2) is 8.43. The minimum atomic E-state index is -3.33. The molecule has 2 heterocycles. The third-order valence-corrected chi connectivity index (χ3v) is 7.40. The van der Waals surface area contributed by atoms with Crippen molar-refractivity contribution in [1.29, 1.82) is 0 Å². The standard InChI is InChI=1S/C21H23N5O3S2/c1-14-6-4-7-15(2)20(14)26-21(22-23-24-26)30-13-19(27)17-9-10-18-16(12-17)8-5-11-25(18)31(3,28)29/h4,6-7,9-10,12H,5,8,11,13H2,1-3H3. The highest BCUT2D eigenvalue weighted by Gasteiger charge is 2.25. The predicted molar refractivity (Wildman–Crippen MR) is 121 cm³/mol. The van der Waals surface area contributed by atoms with Crippen LogP contribution >= 0.6 is 11.8 Å². The highest BCUT2D eigenvalue weighted by molar-refractivity contribution is 7.99. The quantitative estimate of drug-likeness (QED) is 0.414. The van der Waals surface area contributed by atoms with Gasteiger partial charge in [0.25, 0.3) is 0 Å². The van der Waals surface area contributed by atoms with E-state index in [0.29, 0.717) is 23.0 Å². The predicted octanol–water partition coefficient (Wildman–Crippen LogP) is 2.97. The van der Waals surface area contributed by atoms with Gasteiger partial charge in [-0.3, -0.25) is 9.10 Å². The summed E-state index contributed by atoms with van der Waals surface area (Å²) in [5.41, 5.74) is 5.12. The molecule has 3 aromatic rings. The molecule has 10 heteroatoms. The van der Waals surface area contributed by atoms with Crippen molar-refractivity contribution in [2.24, 2.45) is 0 Å². The molecule has 0 saturated heterocycles. The summed E-state index contributed by atoms with van der Waals surface area (Å²) in [6, 6.07) is 11.2. The van der Waals surface area contributed by atoms with Gasteiger partial charge >= 0.3 is 0 Å². The van der Waals surface area contributed by atoms with Gasteiger partial charge in [-0.25, -0.2) is 8.42 Å². The Morgan fingerprint density at radius 1 is 1.16 bits per heavy atom. The summed E-state index contributed by atoms with van der Waals surface area (Å²) in [6.07, 6.45) is 2.69. The number of aromatic nitrogens is 4. The minimum absolute atomic E-state index is 0.0552. The molecule has 1 aliphatic rings. The van der Waals surface area contributed by atoms with Crippen molar-refractivity contribution in [2.75, 3.05) is 22.9 Å². The van der Waals surface area contributed by atoms with Crippen molar-refractivity contribution >= 4 is 33.3 Å². The fourth-order valence-electron chi connectivity index (χ4n) is 3.84. The number of sulfonamides is 1. The number of fused-ring (bicyclic) bond motifs is 1. The van der Waals surface area contributed by atoms with E-state index in [9.17, 15) is 13.2 Å². The zero-order valence-corrected chi connectivity index (χ0v) is 19.2. The largest absolute Gasteiger partial charge is 0.293 e. The molecule has 0 fully saturated rings. The van der Waals surface area contributed by atoms with Crippen LogP contribution in [0.25, 0.3) is 5.69 Å². The third-order valence-electron chi connectivity index (χ3n) is 5.30. The van der Waals surface area contributed by atoms with Gasteiger partial charge in [-0.2, -0.15) is 4.68 Å². The third kappa shape index (κ3) is 4.35. The van der Waals surface area contributed by atoms with Crippen LogP contribution in [0.4, 0.5) is 5.69 Å². The van der Waals surface area contributed by atoms with Crippen LogP contribution in [0.5, 0.6) is 0 Å². The second-order valence-corrected chi connectivity index (χ2v) is 10.5. The van der Waals surface area contributed by atoms with Crippen molar-refractivity contribution < 1.29 is 13.2 Å². The number of hydrogen-bond acceptors (Lipinski definition) is 7. The molecule has 0 unspecified atom stereocenters. The van der Waals surface area contributed by atoms with Crippen LogP contribution in [-0.4, -0.2) is 53.0 Å². The van der Waals surface area contributed by atoms with Crippen LogP contribution in [0, 0.1) is 13.8 Å². The Hall–Kier alpha value is -2.72. The number of ketones is 1. The molecular formula is C21H23N5O3S2. The van der Waals surface area contributed by atoms with E-state index in [2.05, 4.69) is 15.5 Å². The minimum Gasteiger partial charge on any atom is -0.293 e. The number of aryl methyl sites for hydroxylation is 3. The number of thioether (sulfide) groups is 1. The van der Waals surface area contributed by atoms with E-state index < -0.39 is 10.0 Å². The maximum absolute atomic E-state index is 12.9. The number of Topliss-reactive ketones (excluding diaryl/α,β-unsaturated/α-hetero) is 1. The monoisotopic (exact) mass is 457 g/mol. The van der Waals surface area contributed by atoms with Gasteiger partial charge in [0.2, 0.25) is 15.2 Å². The normalized spacial score (nSPS) is 13.8. The molecule has 4 rings (SSSR count). The molecule has 0 saturated carbocycles. The summed E-state index contributed by atoms with van der Waals surface area (Å²) < 4.78 is 27.1. The average Bonchev–Trinajstić information content (AvgIpc) is 3.18. The van der Waals surface area contributed by atoms with Crippen LogP contribution < -0.4 is 4.31 Å². The van der Waals surface area contributed by atoms with Crippen LogP contribution in [0.15, 0.2) is 41.6 Å². The lowest BCUT2D eigenvalue weighted by molar-refractivity contribution is 0.102. The van der Waals surface area contributed by atoms with E-state index >= 15 is 0 Å². The highest BCUT2D eigenvalue weighted by atomic mass is 32.2. The van der Waals surface area contributed by atoms with Gasteiger partial charge < -0.3 is 0 Å². The average molecular weight is 458 g/mol. The van der Waals surface area contributed by atoms with Crippen molar-refractivity contribution in [3.63, 3.8) is 0 Å². The molecule has 0 amide bonds. The Bertz CT molecular complexity index is 1230. The summed E-state index contributed by atoms with van der Waals surface area (Å²) in [5.74, 6) is 0.125. The Labute approximate surface area is 185 Å². The summed E-state index contributed by atoms with van der Waals surface area (Å²) in [6.45, 7) is 4.46. The molecule has 31 heavy (non-hydrogen) atoms. The molecule has 1 aromatic heterocycles. The molecule has 2 aromatic carbocycles. The van der Waals surface area contributed by atoms with Gasteiger partial charge in [0.05, 0.1) is 23.4 Å². The van der Waals surface area contributed by atoms with Crippen LogP contribution in [-0.2, 0) is 16.4 Å². The Morgan fingerprint density at radius 2 is 1.90 bits per heavy atom. The first-order valence-corrected chi connectivity index (χ1v) is 12.7. The Morgan fingerprint density at radius 3 is 2.61 bits per heavy atom. The van der Waals surface area contributed by atoms with Gasteiger partial charge in [0, 0.05) is 12.1 Å². The first kappa shape index (κ1) is 21.5. The summed E-state index contributed by atoms with van der Waals surface area (Å²) in [5, 5.41) is 12.5. The maximum Gasteiger partial charge on any atom is 0.232 e. The Balaban J connectivity index is 1.53. The van der Waals surface area contributed by atoms with Crippen molar-refractivity contribution in [2.45, 2.75) is 31.8 Å². The molecule has 1 aliphatic heterocycles. The summed E-state index contributed by atoms with van der Waals surface area (Å²) in [7, 11) is -3.33. The van der Waals surface area contributed by atoms with Gasteiger partial charge in [0.1, 0.15) is 0 Å². The van der Waals surface area contributed by atoms with Crippen molar-refractivity contribution in [3.05, 3.63) is 58.7 Å². The smallest absolute Gasteiger partial charge is 0.232 e. The summed E-state index contributed by atoms with van der Waals surface area (Å²) in [4.78, 5) is 12.9. The van der Waals surface area contributed by atoms with E-state index in [1.807, 2.05) is 38.1 Å². The van der Waals surface area contributed by atoms with Gasteiger partial charge in [0.15, 0.2) is 5.78 Å².